The van der Waals surface area contributed by atoms with E-state index in [4.69, 9.17) is 0 Å². The fourth-order valence-electron chi connectivity index (χ4n) is 2.10. The molecule has 0 radical (unpaired) electrons. The number of hydrogen-bond donors (Lipinski definition) is 2. The molecule has 2 N–H and O–H groups in total. The highest BCUT2D eigenvalue weighted by molar-refractivity contribution is 9.10. The molecule has 0 saturated carbocycles. The molecular formula is C18H19BrN2O2. The Morgan fingerprint density at radius 2 is 1.78 bits per heavy atom. The van der Waals surface area contributed by atoms with Crippen LogP contribution < -0.4 is 10.6 Å². The lowest BCUT2D eigenvalue weighted by atomic mass is 10.1. The summed E-state index contributed by atoms with van der Waals surface area (Å²) in [7, 11) is 0. The van der Waals surface area contributed by atoms with Gasteiger partial charge < -0.3 is 10.6 Å². The average molecular weight is 375 g/mol. The summed E-state index contributed by atoms with van der Waals surface area (Å²) in [5.74, 6) is -0.258. The van der Waals surface area contributed by atoms with Crippen molar-refractivity contribution in [2.24, 2.45) is 0 Å². The molecule has 23 heavy (non-hydrogen) atoms. The van der Waals surface area contributed by atoms with Crippen LogP contribution in [0.4, 0.5) is 0 Å². The number of hydrogen-bond acceptors (Lipinski definition) is 2. The number of rotatable bonds is 6. The standard InChI is InChI=1S/C18H19BrN2O2/c1-13-3-2-4-14(11-13)12-21-17(22)9-10-20-18(23)15-5-7-16(19)8-6-15/h2-8,11H,9-10,12H2,1H3,(H,20,23)(H,21,22). The zero-order valence-corrected chi connectivity index (χ0v) is 14.5. The summed E-state index contributed by atoms with van der Waals surface area (Å²) in [6.45, 7) is 2.83. The van der Waals surface area contributed by atoms with Gasteiger partial charge in [0.2, 0.25) is 5.91 Å². The maximum absolute atomic E-state index is 11.9. The summed E-state index contributed by atoms with van der Waals surface area (Å²) < 4.78 is 0.921. The molecule has 0 unspecified atom stereocenters. The van der Waals surface area contributed by atoms with Gasteiger partial charge in [-0.15, -0.1) is 0 Å². The Hall–Kier alpha value is -2.14. The van der Waals surface area contributed by atoms with Gasteiger partial charge in [0.15, 0.2) is 0 Å². The molecule has 0 bridgehead atoms. The van der Waals surface area contributed by atoms with Crippen LogP contribution in [0.1, 0.15) is 27.9 Å². The highest BCUT2D eigenvalue weighted by Gasteiger charge is 2.06. The van der Waals surface area contributed by atoms with Crippen LogP contribution in [0.15, 0.2) is 53.0 Å². The molecular weight excluding hydrogens is 356 g/mol. The molecule has 0 aliphatic heterocycles. The first-order valence-electron chi connectivity index (χ1n) is 7.40. The normalized spacial score (nSPS) is 10.2. The Labute approximate surface area is 144 Å². The molecule has 2 aromatic carbocycles. The van der Waals surface area contributed by atoms with E-state index >= 15 is 0 Å². The first-order valence-corrected chi connectivity index (χ1v) is 8.20. The van der Waals surface area contributed by atoms with E-state index in [1.165, 1.54) is 5.56 Å². The molecule has 4 nitrogen and oxygen atoms in total. The molecule has 0 saturated heterocycles. The first-order chi connectivity index (χ1) is 11.0. The number of amides is 2. The molecule has 2 amide bonds. The lowest BCUT2D eigenvalue weighted by molar-refractivity contribution is -0.121. The molecule has 2 rings (SSSR count). The molecule has 0 fully saturated rings. The summed E-state index contributed by atoms with van der Waals surface area (Å²) >= 11 is 3.32. The fourth-order valence-corrected chi connectivity index (χ4v) is 2.37. The Balaban J connectivity index is 1.70. The van der Waals surface area contributed by atoms with E-state index in [1.807, 2.05) is 43.3 Å². The van der Waals surface area contributed by atoms with Crippen LogP contribution >= 0.6 is 15.9 Å². The highest BCUT2D eigenvalue weighted by Crippen LogP contribution is 2.10. The van der Waals surface area contributed by atoms with Crippen LogP contribution in [0.5, 0.6) is 0 Å². The van der Waals surface area contributed by atoms with Gasteiger partial charge in [-0.3, -0.25) is 9.59 Å². The second kappa shape index (κ2) is 8.48. The third-order valence-corrected chi connectivity index (χ3v) is 3.84. The summed E-state index contributed by atoms with van der Waals surface area (Å²) in [6.07, 6.45) is 0.258. The van der Waals surface area contributed by atoms with E-state index in [-0.39, 0.29) is 18.2 Å². The minimum atomic E-state index is -0.177. The largest absolute Gasteiger partial charge is 0.352 e. The van der Waals surface area contributed by atoms with Gasteiger partial charge in [0, 0.05) is 29.5 Å². The van der Waals surface area contributed by atoms with Crippen LogP contribution in [0, 0.1) is 6.92 Å². The number of aryl methyl sites for hydroxylation is 1. The number of halogens is 1. The molecule has 0 aromatic heterocycles. The van der Waals surface area contributed by atoms with Gasteiger partial charge in [-0.2, -0.15) is 0 Å². The minimum absolute atomic E-state index is 0.0809. The van der Waals surface area contributed by atoms with Crippen molar-refractivity contribution >= 4 is 27.7 Å². The van der Waals surface area contributed by atoms with Crippen molar-refractivity contribution in [2.45, 2.75) is 19.9 Å². The van der Waals surface area contributed by atoms with Crippen molar-refractivity contribution < 1.29 is 9.59 Å². The van der Waals surface area contributed by atoms with Crippen molar-refractivity contribution in [3.8, 4) is 0 Å². The Kier molecular flexibility index (Phi) is 6.35. The quantitative estimate of drug-likeness (QED) is 0.815. The molecule has 0 aliphatic carbocycles. The Morgan fingerprint density at radius 3 is 2.48 bits per heavy atom. The van der Waals surface area contributed by atoms with Gasteiger partial charge in [0.25, 0.3) is 5.91 Å². The predicted octanol–water partition coefficient (Wildman–Crippen LogP) is 3.19. The summed E-state index contributed by atoms with van der Waals surface area (Å²) in [6, 6.07) is 15.1. The number of nitrogens with one attached hydrogen (secondary N) is 2. The molecule has 0 heterocycles. The lowest BCUT2D eigenvalue weighted by Gasteiger charge is -2.07. The number of benzene rings is 2. The van der Waals surface area contributed by atoms with Gasteiger partial charge in [-0.1, -0.05) is 45.8 Å². The minimum Gasteiger partial charge on any atom is -0.352 e. The molecule has 120 valence electrons. The van der Waals surface area contributed by atoms with Crippen molar-refractivity contribution in [1.82, 2.24) is 10.6 Å². The van der Waals surface area contributed by atoms with Crippen molar-refractivity contribution in [2.75, 3.05) is 6.54 Å². The number of carbonyl (C=O) groups excluding carboxylic acids is 2. The van der Waals surface area contributed by atoms with Crippen LogP contribution in [0.25, 0.3) is 0 Å². The third-order valence-electron chi connectivity index (χ3n) is 3.32. The van der Waals surface area contributed by atoms with Crippen molar-refractivity contribution in [3.63, 3.8) is 0 Å². The molecule has 0 atom stereocenters. The Bertz CT molecular complexity index is 684. The smallest absolute Gasteiger partial charge is 0.251 e. The van der Waals surface area contributed by atoms with E-state index in [0.717, 1.165) is 10.0 Å². The monoisotopic (exact) mass is 374 g/mol. The van der Waals surface area contributed by atoms with E-state index in [0.29, 0.717) is 18.7 Å². The summed E-state index contributed by atoms with van der Waals surface area (Å²) in [5.41, 5.74) is 2.81. The van der Waals surface area contributed by atoms with E-state index < -0.39 is 0 Å². The molecule has 0 spiro atoms. The van der Waals surface area contributed by atoms with Crippen LogP contribution in [0.3, 0.4) is 0 Å². The third kappa shape index (κ3) is 5.87. The van der Waals surface area contributed by atoms with E-state index in [9.17, 15) is 9.59 Å². The van der Waals surface area contributed by atoms with Gasteiger partial charge in [-0.25, -0.2) is 0 Å². The molecule has 0 aliphatic rings. The van der Waals surface area contributed by atoms with Crippen LogP contribution in [-0.2, 0) is 11.3 Å². The summed E-state index contributed by atoms with van der Waals surface area (Å²) in [4.78, 5) is 23.7. The second-order valence-corrected chi connectivity index (χ2v) is 6.19. The van der Waals surface area contributed by atoms with E-state index in [2.05, 4.69) is 26.6 Å². The van der Waals surface area contributed by atoms with Crippen LogP contribution in [-0.4, -0.2) is 18.4 Å². The number of carbonyl (C=O) groups is 2. The maximum atomic E-state index is 11.9. The molecule has 2 aromatic rings. The molecule has 5 heteroatoms. The average Bonchev–Trinajstić information content (AvgIpc) is 2.53. The van der Waals surface area contributed by atoms with Crippen molar-refractivity contribution in [3.05, 3.63) is 69.7 Å². The van der Waals surface area contributed by atoms with Gasteiger partial charge in [-0.05, 0) is 36.8 Å². The fraction of sp³-hybridized carbons (Fsp3) is 0.222. The second-order valence-electron chi connectivity index (χ2n) is 5.28. The summed E-state index contributed by atoms with van der Waals surface area (Å²) in [5, 5.41) is 5.59. The maximum Gasteiger partial charge on any atom is 0.251 e. The topological polar surface area (TPSA) is 58.2 Å². The predicted molar refractivity (Wildman–Crippen MR) is 94.1 cm³/mol. The SMILES string of the molecule is Cc1cccc(CNC(=O)CCNC(=O)c2ccc(Br)cc2)c1. The zero-order valence-electron chi connectivity index (χ0n) is 12.9. The van der Waals surface area contributed by atoms with Gasteiger partial charge in [0.1, 0.15) is 0 Å². The Morgan fingerprint density at radius 1 is 1.04 bits per heavy atom. The lowest BCUT2D eigenvalue weighted by Crippen LogP contribution is -2.30. The zero-order chi connectivity index (χ0) is 16.7. The van der Waals surface area contributed by atoms with Gasteiger partial charge in [0.05, 0.1) is 0 Å². The van der Waals surface area contributed by atoms with Crippen molar-refractivity contribution in [1.29, 1.82) is 0 Å². The van der Waals surface area contributed by atoms with E-state index in [1.54, 1.807) is 12.1 Å². The van der Waals surface area contributed by atoms with Gasteiger partial charge >= 0.3 is 0 Å². The highest BCUT2D eigenvalue weighted by atomic mass is 79.9. The van der Waals surface area contributed by atoms with Crippen LogP contribution in [0.2, 0.25) is 0 Å². The first kappa shape index (κ1) is 17.2.